The van der Waals surface area contributed by atoms with Crippen LogP contribution in [0, 0.1) is 0 Å². The van der Waals surface area contributed by atoms with Crippen molar-refractivity contribution in [2.24, 2.45) is 0 Å². The first-order chi connectivity index (χ1) is 7.22. The quantitative estimate of drug-likeness (QED) is 0.799. The summed E-state index contributed by atoms with van der Waals surface area (Å²) in [4.78, 5) is 18.9. The van der Waals surface area contributed by atoms with Crippen LogP contribution in [-0.4, -0.2) is 28.2 Å². The maximum Gasteiger partial charge on any atom is 0.341 e. The number of carboxylic acids is 1. The van der Waals surface area contributed by atoms with Gasteiger partial charge in [-0.05, 0) is 18.2 Å². The third-order valence-corrected chi connectivity index (χ3v) is 1.98. The number of carbonyl (C=O) groups is 1. The highest BCUT2D eigenvalue weighted by molar-refractivity contribution is 5.94. The Morgan fingerprint density at radius 2 is 2.33 bits per heavy atom. The minimum atomic E-state index is -1.06. The van der Waals surface area contributed by atoms with Gasteiger partial charge in [-0.15, -0.1) is 0 Å². The molecule has 0 aliphatic rings. The summed E-state index contributed by atoms with van der Waals surface area (Å²) in [6.45, 7) is 0. The van der Waals surface area contributed by atoms with E-state index in [-0.39, 0.29) is 11.4 Å². The molecule has 2 rings (SSSR count). The van der Waals surface area contributed by atoms with Crippen LogP contribution < -0.4 is 4.74 Å². The van der Waals surface area contributed by atoms with Crippen LogP contribution in [0.2, 0.25) is 0 Å². The molecule has 5 heteroatoms. The molecule has 0 radical (unpaired) electrons. The molecule has 0 bridgehead atoms. The molecule has 2 aromatic heterocycles. The van der Waals surface area contributed by atoms with Crippen molar-refractivity contribution in [2.75, 3.05) is 7.11 Å². The lowest BCUT2D eigenvalue weighted by Gasteiger charge is -2.04. The molecular weight excluding hydrogens is 196 g/mol. The normalized spacial score (nSPS) is 10.2. The molecule has 0 amide bonds. The van der Waals surface area contributed by atoms with Crippen molar-refractivity contribution in [3.8, 4) is 5.88 Å². The van der Waals surface area contributed by atoms with Gasteiger partial charge < -0.3 is 9.84 Å². The van der Waals surface area contributed by atoms with Crippen molar-refractivity contribution < 1.29 is 14.6 Å². The summed E-state index contributed by atoms with van der Waals surface area (Å²) in [5.41, 5.74) is 0.511. The van der Waals surface area contributed by atoms with E-state index in [0.29, 0.717) is 11.0 Å². The minimum absolute atomic E-state index is 0.0398. The molecule has 0 fully saturated rings. The number of fused-ring (bicyclic) bond motifs is 1. The molecule has 1 N–H and O–H groups in total. The van der Waals surface area contributed by atoms with Gasteiger partial charge in [-0.3, -0.25) is 0 Å². The molecule has 15 heavy (non-hydrogen) atoms. The second-order valence-corrected chi connectivity index (χ2v) is 2.90. The summed E-state index contributed by atoms with van der Waals surface area (Å²) in [5, 5.41) is 9.59. The first-order valence-electron chi connectivity index (χ1n) is 4.25. The van der Waals surface area contributed by atoms with Crippen LogP contribution >= 0.6 is 0 Å². The second kappa shape index (κ2) is 3.53. The van der Waals surface area contributed by atoms with Crippen molar-refractivity contribution in [2.45, 2.75) is 0 Å². The maximum absolute atomic E-state index is 10.9. The van der Waals surface area contributed by atoms with Crippen LogP contribution in [0.5, 0.6) is 5.88 Å². The van der Waals surface area contributed by atoms with Crippen LogP contribution in [0.3, 0.4) is 0 Å². The molecule has 0 atom stereocenters. The van der Waals surface area contributed by atoms with Crippen LogP contribution in [-0.2, 0) is 0 Å². The van der Waals surface area contributed by atoms with Gasteiger partial charge in [0.2, 0.25) is 5.88 Å². The van der Waals surface area contributed by atoms with Crippen molar-refractivity contribution in [1.29, 1.82) is 0 Å². The Bertz CT molecular complexity index is 525. The number of nitrogens with zero attached hydrogens (tertiary/aromatic N) is 2. The summed E-state index contributed by atoms with van der Waals surface area (Å²) in [5.74, 6) is -0.987. The Kier molecular flexibility index (Phi) is 2.21. The Labute approximate surface area is 85.4 Å². The van der Waals surface area contributed by atoms with Gasteiger partial charge in [0, 0.05) is 11.6 Å². The zero-order valence-electron chi connectivity index (χ0n) is 7.97. The minimum Gasteiger partial charge on any atom is -0.480 e. The van der Waals surface area contributed by atoms with E-state index >= 15 is 0 Å². The number of methoxy groups -OCH3 is 1. The molecule has 2 heterocycles. The van der Waals surface area contributed by atoms with E-state index in [1.54, 1.807) is 18.3 Å². The molecule has 0 aliphatic carbocycles. The number of hydrogen-bond acceptors (Lipinski definition) is 4. The Hall–Kier alpha value is -2.17. The maximum atomic E-state index is 10.9. The number of hydrogen-bond donors (Lipinski definition) is 1. The number of aromatic carboxylic acids is 1. The fraction of sp³-hybridized carbons (Fsp3) is 0.100. The van der Waals surface area contributed by atoms with Gasteiger partial charge in [-0.2, -0.15) is 4.98 Å². The van der Waals surface area contributed by atoms with Crippen LogP contribution in [0.25, 0.3) is 11.0 Å². The molecule has 0 saturated carbocycles. The molecule has 0 saturated heterocycles. The molecule has 0 unspecified atom stereocenters. The summed E-state index contributed by atoms with van der Waals surface area (Å²) in [6, 6.07) is 4.97. The average molecular weight is 204 g/mol. The molecular formula is C10H8N2O3. The highest BCUT2D eigenvalue weighted by atomic mass is 16.5. The Morgan fingerprint density at radius 3 is 3.00 bits per heavy atom. The summed E-state index contributed by atoms with van der Waals surface area (Å²) in [7, 11) is 1.38. The van der Waals surface area contributed by atoms with E-state index in [0.717, 1.165) is 0 Å². The lowest BCUT2D eigenvalue weighted by atomic mass is 10.2. The van der Waals surface area contributed by atoms with Gasteiger partial charge in [0.25, 0.3) is 0 Å². The van der Waals surface area contributed by atoms with Gasteiger partial charge in [-0.1, -0.05) is 0 Å². The topological polar surface area (TPSA) is 72.3 Å². The standard InChI is InChI=1S/C10H8N2O3/c1-15-9-7(10(13)14)5-6-3-2-4-11-8(6)12-9/h2-5H,1H3,(H,13,14). The van der Waals surface area contributed by atoms with Gasteiger partial charge in [0.05, 0.1) is 7.11 Å². The zero-order valence-corrected chi connectivity index (χ0v) is 7.97. The van der Waals surface area contributed by atoms with E-state index in [1.165, 1.54) is 13.2 Å². The van der Waals surface area contributed by atoms with Crippen LogP contribution in [0.15, 0.2) is 24.4 Å². The highest BCUT2D eigenvalue weighted by Gasteiger charge is 2.13. The molecule has 0 aromatic carbocycles. The zero-order chi connectivity index (χ0) is 10.8. The third-order valence-electron chi connectivity index (χ3n) is 1.98. The lowest BCUT2D eigenvalue weighted by molar-refractivity contribution is 0.0692. The second-order valence-electron chi connectivity index (χ2n) is 2.90. The first kappa shape index (κ1) is 9.39. The predicted octanol–water partition coefficient (Wildman–Crippen LogP) is 1.34. The van der Waals surface area contributed by atoms with Crippen molar-refractivity contribution >= 4 is 17.0 Å². The van der Waals surface area contributed by atoms with Crippen LogP contribution in [0.1, 0.15) is 10.4 Å². The van der Waals surface area contributed by atoms with Crippen molar-refractivity contribution in [3.05, 3.63) is 30.0 Å². The number of rotatable bonds is 2. The number of aromatic nitrogens is 2. The van der Waals surface area contributed by atoms with E-state index in [2.05, 4.69) is 9.97 Å². The third kappa shape index (κ3) is 1.59. The molecule has 76 valence electrons. The summed E-state index contributed by atoms with van der Waals surface area (Å²) < 4.78 is 4.88. The number of carboxylic acid groups (broad SMARTS) is 1. The van der Waals surface area contributed by atoms with Gasteiger partial charge in [0.1, 0.15) is 5.56 Å². The van der Waals surface area contributed by atoms with Gasteiger partial charge >= 0.3 is 5.97 Å². The van der Waals surface area contributed by atoms with Crippen molar-refractivity contribution in [3.63, 3.8) is 0 Å². The summed E-state index contributed by atoms with van der Waals surface area (Å²) >= 11 is 0. The molecule has 0 spiro atoms. The molecule has 0 aliphatic heterocycles. The predicted molar refractivity (Wildman–Crippen MR) is 53.0 cm³/mol. The molecule has 2 aromatic rings. The van der Waals surface area contributed by atoms with E-state index < -0.39 is 5.97 Å². The highest BCUT2D eigenvalue weighted by Crippen LogP contribution is 2.20. The smallest absolute Gasteiger partial charge is 0.341 e. The van der Waals surface area contributed by atoms with Gasteiger partial charge in [-0.25, -0.2) is 9.78 Å². The van der Waals surface area contributed by atoms with E-state index in [4.69, 9.17) is 9.84 Å². The largest absolute Gasteiger partial charge is 0.480 e. The Balaban J connectivity index is 2.74. The monoisotopic (exact) mass is 204 g/mol. The molecule has 5 nitrogen and oxygen atoms in total. The van der Waals surface area contributed by atoms with Crippen LogP contribution in [0.4, 0.5) is 0 Å². The summed E-state index contributed by atoms with van der Waals surface area (Å²) in [6.07, 6.45) is 1.59. The average Bonchev–Trinajstić information content (AvgIpc) is 2.27. The SMILES string of the molecule is COc1nc2ncccc2cc1C(=O)O. The van der Waals surface area contributed by atoms with Crippen molar-refractivity contribution in [1.82, 2.24) is 9.97 Å². The van der Waals surface area contributed by atoms with Gasteiger partial charge in [0.15, 0.2) is 5.65 Å². The Morgan fingerprint density at radius 1 is 1.53 bits per heavy atom. The first-order valence-corrected chi connectivity index (χ1v) is 4.25. The fourth-order valence-corrected chi connectivity index (χ4v) is 1.30. The van der Waals surface area contributed by atoms with E-state index in [1.807, 2.05) is 0 Å². The van der Waals surface area contributed by atoms with E-state index in [9.17, 15) is 4.79 Å². The lowest BCUT2D eigenvalue weighted by Crippen LogP contribution is -2.03. The number of pyridine rings is 2. The number of ether oxygens (including phenoxy) is 1. The fourth-order valence-electron chi connectivity index (χ4n) is 1.30.